The molecule has 112 valence electrons. The lowest BCUT2D eigenvalue weighted by atomic mass is 10.0. The van der Waals surface area contributed by atoms with Crippen LogP contribution in [0.3, 0.4) is 0 Å². The molecule has 2 fully saturated rings. The van der Waals surface area contributed by atoms with Crippen LogP contribution in [0, 0.1) is 0 Å². The zero-order valence-corrected chi connectivity index (χ0v) is 12.3. The van der Waals surface area contributed by atoms with Gasteiger partial charge in [0.2, 0.25) is 0 Å². The first-order valence-electron chi connectivity index (χ1n) is 8.43. The minimum atomic E-state index is -0.110. The van der Waals surface area contributed by atoms with Crippen LogP contribution in [0.25, 0.3) is 0 Å². The van der Waals surface area contributed by atoms with Crippen molar-refractivity contribution in [2.75, 3.05) is 0 Å². The maximum absolute atomic E-state index is 5.74. The highest BCUT2D eigenvalue weighted by molar-refractivity contribution is 4.56. The van der Waals surface area contributed by atoms with Crippen molar-refractivity contribution in [1.29, 1.82) is 0 Å². The Kier molecular flexibility index (Phi) is 7.82. The van der Waals surface area contributed by atoms with E-state index in [4.69, 9.17) is 14.5 Å². The first kappa shape index (κ1) is 15.3. The third-order valence-electron chi connectivity index (χ3n) is 4.20. The highest BCUT2D eigenvalue weighted by atomic mass is 17.3. The molecule has 2 atom stereocenters. The molecule has 2 heterocycles. The van der Waals surface area contributed by atoms with Crippen molar-refractivity contribution >= 4 is 0 Å². The number of ether oxygens (including phenoxy) is 1. The van der Waals surface area contributed by atoms with E-state index in [1.807, 2.05) is 0 Å². The summed E-state index contributed by atoms with van der Waals surface area (Å²) in [6.45, 7) is 0. The standard InChI is InChI=1S/C16H30O3/c1-2-4-6-8-10-12-14-16-17-15(18-19-16)13-11-9-7-5-3-1/h15-16H,1-14H2/t15-,16+. The fourth-order valence-corrected chi connectivity index (χ4v) is 2.96. The van der Waals surface area contributed by atoms with Crippen LogP contribution in [0.4, 0.5) is 0 Å². The van der Waals surface area contributed by atoms with E-state index >= 15 is 0 Å². The van der Waals surface area contributed by atoms with Gasteiger partial charge in [-0.2, -0.15) is 0 Å². The van der Waals surface area contributed by atoms with E-state index in [9.17, 15) is 0 Å². The molecule has 3 heteroatoms. The molecule has 3 nitrogen and oxygen atoms in total. The minimum absolute atomic E-state index is 0.110. The Morgan fingerprint density at radius 2 is 0.737 bits per heavy atom. The third-order valence-corrected chi connectivity index (χ3v) is 4.20. The van der Waals surface area contributed by atoms with Gasteiger partial charge in [-0.1, -0.05) is 64.2 Å². The molecule has 2 rings (SSSR count). The summed E-state index contributed by atoms with van der Waals surface area (Å²) in [5.41, 5.74) is 0. The lowest BCUT2D eigenvalue weighted by molar-refractivity contribution is -0.298. The van der Waals surface area contributed by atoms with Gasteiger partial charge in [-0.3, -0.25) is 0 Å². The van der Waals surface area contributed by atoms with Gasteiger partial charge in [-0.15, -0.1) is 0 Å². The van der Waals surface area contributed by atoms with Crippen LogP contribution in [-0.4, -0.2) is 12.6 Å². The van der Waals surface area contributed by atoms with Gasteiger partial charge in [-0.25, -0.2) is 9.78 Å². The molecule has 0 spiro atoms. The largest absolute Gasteiger partial charge is 0.318 e. The maximum Gasteiger partial charge on any atom is 0.194 e. The van der Waals surface area contributed by atoms with Crippen molar-refractivity contribution < 1.29 is 14.5 Å². The summed E-state index contributed by atoms with van der Waals surface area (Å²) in [6.07, 6.45) is 17.9. The Bertz CT molecular complexity index is 198. The lowest BCUT2D eigenvalue weighted by Crippen LogP contribution is -2.11. The van der Waals surface area contributed by atoms with Gasteiger partial charge in [-0.05, 0) is 12.8 Å². The SMILES string of the molecule is C1CCCCCCC[C@H]2OO[C@@H](CCCCCC1)O2. The first-order chi connectivity index (χ1) is 9.45. The Hall–Kier alpha value is -0.120. The van der Waals surface area contributed by atoms with Gasteiger partial charge in [0.1, 0.15) is 0 Å². The second-order valence-corrected chi connectivity index (χ2v) is 6.01. The van der Waals surface area contributed by atoms with Crippen LogP contribution in [0.1, 0.15) is 89.9 Å². The van der Waals surface area contributed by atoms with Crippen molar-refractivity contribution in [1.82, 2.24) is 0 Å². The second kappa shape index (κ2) is 9.73. The Labute approximate surface area is 117 Å². The predicted molar refractivity (Wildman–Crippen MR) is 75.5 cm³/mol. The lowest BCUT2D eigenvalue weighted by Gasteiger charge is -2.08. The van der Waals surface area contributed by atoms with Gasteiger partial charge in [0.05, 0.1) is 0 Å². The first-order valence-corrected chi connectivity index (χ1v) is 8.43. The van der Waals surface area contributed by atoms with E-state index in [-0.39, 0.29) is 12.6 Å². The number of hydrogen-bond donors (Lipinski definition) is 0. The Balaban J connectivity index is 1.64. The van der Waals surface area contributed by atoms with Crippen LogP contribution in [0.15, 0.2) is 0 Å². The van der Waals surface area contributed by atoms with Gasteiger partial charge in [0.25, 0.3) is 0 Å². The summed E-state index contributed by atoms with van der Waals surface area (Å²) in [5, 5.41) is 0. The zero-order chi connectivity index (χ0) is 13.2. The number of hydrogen-bond acceptors (Lipinski definition) is 3. The van der Waals surface area contributed by atoms with E-state index in [0.29, 0.717) is 0 Å². The fraction of sp³-hybridized carbons (Fsp3) is 1.00. The van der Waals surface area contributed by atoms with Crippen molar-refractivity contribution in [2.45, 2.75) is 102 Å². The Morgan fingerprint density at radius 1 is 0.421 bits per heavy atom. The third kappa shape index (κ3) is 6.73. The molecular formula is C16H30O3. The van der Waals surface area contributed by atoms with Crippen LogP contribution in [-0.2, 0) is 14.5 Å². The van der Waals surface area contributed by atoms with Gasteiger partial charge in [0, 0.05) is 12.8 Å². The molecule has 2 bridgehead atoms. The summed E-state index contributed by atoms with van der Waals surface area (Å²) in [5.74, 6) is 0. The molecular weight excluding hydrogens is 240 g/mol. The number of rotatable bonds is 0. The molecule has 0 aromatic carbocycles. The molecule has 0 unspecified atom stereocenters. The Morgan fingerprint density at radius 3 is 1.11 bits per heavy atom. The summed E-state index contributed by atoms with van der Waals surface area (Å²) in [6, 6.07) is 0. The zero-order valence-electron chi connectivity index (χ0n) is 12.3. The number of fused-ring (bicyclic) bond motifs is 2. The highest BCUT2D eigenvalue weighted by Crippen LogP contribution is 2.23. The molecule has 19 heavy (non-hydrogen) atoms. The molecule has 0 aromatic rings. The predicted octanol–water partition coefficient (Wildman–Crippen LogP) is 5.09. The molecule has 2 saturated heterocycles. The van der Waals surface area contributed by atoms with Crippen LogP contribution >= 0.6 is 0 Å². The minimum Gasteiger partial charge on any atom is -0.318 e. The van der Waals surface area contributed by atoms with E-state index in [1.54, 1.807) is 0 Å². The van der Waals surface area contributed by atoms with E-state index in [2.05, 4.69) is 0 Å². The monoisotopic (exact) mass is 270 g/mol. The highest BCUT2D eigenvalue weighted by Gasteiger charge is 2.26. The van der Waals surface area contributed by atoms with Crippen molar-refractivity contribution in [2.24, 2.45) is 0 Å². The smallest absolute Gasteiger partial charge is 0.194 e. The molecule has 0 aliphatic carbocycles. The van der Waals surface area contributed by atoms with Crippen molar-refractivity contribution in [3.05, 3.63) is 0 Å². The molecule has 2 aliphatic rings. The summed E-state index contributed by atoms with van der Waals surface area (Å²) in [7, 11) is 0. The fourth-order valence-electron chi connectivity index (χ4n) is 2.96. The molecule has 0 amide bonds. The van der Waals surface area contributed by atoms with Crippen molar-refractivity contribution in [3.63, 3.8) is 0 Å². The van der Waals surface area contributed by atoms with Crippen LogP contribution in [0.5, 0.6) is 0 Å². The quantitative estimate of drug-likeness (QED) is 0.574. The molecule has 0 aromatic heterocycles. The van der Waals surface area contributed by atoms with Crippen LogP contribution < -0.4 is 0 Å². The van der Waals surface area contributed by atoms with Gasteiger partial charge >= 0.3 is 0 Å². The van der Waals surface area contributed by atoms with E-state index < -0.39 is 0 Å². The molecule has 0 N–H and O–H groups in total. The summed E-state index contributed by atoms with van der Waals surface area (Å²) in [4.78, 5) is 10.5. The molecule has 2 aliphatic heterocycles. The average Bonchev–Trinajstić information content (AvgIpc) is 2.86. The summed E-state index contributed by atoms with van der Waals surface area (Å²) >= 11 is 0. The molecule has 0 radical (unpaired) electrons. The topological polar surface area (TPSA) is 27.7 Å². The van der Waals surface area contributed by atoms with Gasteiger partial charge in [0.15, 0.2) is 12.6 Å². The normalized spacial score (nSPS) is 32.8. The maximum atomic E-state index is 5.74. The second-order valence-electron chi connectivity index (χ2n) is 6.01. The van der Waals surface area contributed by atoms with E-state index in [0.717, 1.165) is 12.8 Å². The average molecular weight is 270 g/mol. The van der Waals surface area contributed by atoms with Crippen molar-refractivity contribution in [3.8, 4) is 0 Å². The van der Waals surface area contributed by atoms with Gasteiger partial charge < -0.3 is 4.74 Å². The van der Waals surface area contributed by atoms with Crippen LogP contribution in [0.2, 0.25) is 0 Å². The summed E-state index contributed by atoms with van der Waals surface area (Å²) < 4.78 is 5.74. The van der Waals surface area contributed by atoms with E-state index in [1.165, 1.54) is 77.0 Å². The molecule has 0 saturated carbocycles.